The van der Waals surface area contributed by atoms with Gasteiger partial charge < -0.3 is 15.0 Å². The van der Waals surface area contributed by atoms with Gasteiger partial charge >= 0.3 is 0 Å². The molecule has 1 aliphatic carbocycles. The predicted octanol–water partition coefficient (Wildman–Crippen LogP) is 2.68. The first kappa shape index (κ1) is 22.1. The van der Waals surface area contributed by atoms with Crippen LogP contribution in [0.15, 0.2) is 18.2 Å². The fourth-order valence-corrected chi connectivity index (χ4v) is 5.27. The third kappa shape index (κ3) is 4.46. The molecular weight excluding hydrogens is 430 g/mol. The molecule has 4 atom stereocenters. The van der Waals surface area contributed by atoms with E-state index in [1.165, 1.54) is 4.90 Å². The van der Waals surface area contributed by atoms with Crippen molar-refractivity contribution in [3.8, 4) is 0 Å². The third-order valence-corrected chi connectivity index (χ3v) is 7.00. The van der Waals surface area contributed by atoms with Gasteiger partial charge in [-0.25, -0.2) is 8.78 Å². The van der Waals surface area contributed by atoms with E-state index in [0.29, 0.717) is 12.0 Å². The van der Waals surface area contributed by atoms with E-state index in [2.05, 4.69) is 12.2 Å². The lowest BCUT2D eigenvalue weighted by Gasteiger charge is -2.35. The summed E-state index contributed by atoms with van der Waals surface area (Å²) in [7, 11) is 0. The van der Waals surface area contributed by atoms with Crippen LogP contribution >= 0.6 is 11.6 Å². The lowest BCUT2D eigenvalue weighted by Crippen LogP contribution is -2.55. The SMILES string of the molecule is CC1CCC(C(NC(=O)c2cc(F)cc(F)c2)C(=O)N2C[C@H](Cl)[C@H]3OCC(=O)[C@H]32)CC1. The Bertz CT molecular complexity index is 870. The van der Waals surface area contributed by atoms with E-state index in [1.807, 2.05) is 0 Å². The summed E-state index contributed by atoms with van der Waals surface area (Å²) < 4.78 is 32.7. The smallest absolute Gasteiger partial charge is 0.252 e. The number of fused-ring (bicyclic) bond motifs is 1. The van der Waals surface area contributed by atoms with Crippen molar-refractivity contribution in [1.29, 1.82) is 0 Å². The molecule has 0 aromatic heterocycles. The number of hydrogen-bond acceptors (Lipinski definition) is 4. The Morgan fingerprint density at radius 1 is 1.16 bits per heavy atom. The van der Waals surface area contributed by atoms with Crippen molar-refractivity contribution in [2.24, 2.45) is 11.8 Å². The van der Waals surface area contributed by atoms with Crippen molar-refractivity contribution in [3.05, 3.63) is 35.4 Å². The maximum atomic E-state index is 13.6. The second-order valence-electron chi connectivity index (χ2n) is 8.82. The Morgan fingerprint density at radius 3 is 2.45 bits per heavy atom. The number of benzene rings is 1. The average Bonchev–Trinajstić information content (AvgIpc) is 3.26. The molecular formula is C22H25ClF2N2O4. The fourth-order valence-electron chi connectivity index (χ4n) is 4.91. The second kappa shape index (κ2) is 8.82. The predicted molar refractivity (Wildman–Crippen MR) is 109 cm³/mol. The van der Waals surface area contributed by atoms with Crippen LogP contribution in [0.5, 0.6) is 0 Å². The number of amides is 2. The van der Waals surface area contributed by atoms with E-state index in [9.17, 15) is 23.2 Å². The number of Topliss-reactive ketones (excluding diaryl/α,β-unsaturated/α-hetero) is 1. The van der Waals surface area contributed by atoms with Crippen LogP contribution in [0.4, 0.5) is 8.78 Å². The molecule has 3 fully saturated rings. The number of carbonyl (C=O) groups excluding carboxylic acids is 3. The highest BCUT2D eigenvalue weighted by atomic mass is 35.5. The molecule has 9 heteroatoms. The van der Waals surface area contributed by atoms with Crippen LogP contribution in [0, 0.1) is 23.5 Å². The normalized spacial score (nSPS) is 31.4. The van der Waals surface area contributed by atoms with Gasteiger partial charge in [-0.1, -0.05) is 19.8 Å². The first-order valence-electron chi connectivity index (χ1n) is 10.6. The molecule has 2 saturated heterocycles. The summed E-state index contributed by atoms with van der Waals surface area (Å²) in [5, 5.41) is 2.19. The molecule has 2 heterocycles. The standard InChI is InChI=1S/C22H25ClF2N2O4/c1-11-2-4-12(5-3-11)18(26-21(29)13-6-14(24)8-15(25)7-13)22(30)27-9-16(23)20-19(27)17(28)10-31-20/h6-8,11-12,16,18-20H,2-5,9-10H2,1H3,(H,26,29)/t11?,12?,16-,18?,19+,20+/m0/s1. The van der Waals surface area contributed by atoms with E-state index in [4.69, 9.17) is 16.3 Å². The van der Waals surface area contributed by atoms with Gasteiger partial charge in [-0.2, -0.15) is 0 Å². The van der Waals surface area contributed by atoms with Gasteiger partial charge in [-0.3, -0.25) is 14.4 Å². The molecule has 2 aliphatic heterocycles. The summed E-state index contributed by atoms with van der Waals surface area (Å²) in [6.45, 7) is 2.19. The quantitative estimate of drug-likeness (QED) is 0.710. The van der Waals surface area contributed by atoms with Gasteiger partial charge in [0.05, 0.1) is 5.38 Å². The highest BCUT2D eigenvalue weighted by molar-refractivity contribution is 6.22. The fraction of sp³-hybridized carbons (Fsp3) is 0.591. The highest BCUT2D eigenvalue weighted by Crippen LogP contribution is 2.35. The number of likely N-dealkylation sites (tertiary alicyclic amines) is 1. The molecule has 3 aliphatic rings. The van der Waals surface area contributed by atoms with Crippen LogP contribution in [-0.4, -0.2) is 59.2 Å². The number of carbonyl (C=O) groups is 3. The van der Waals surface area contributed by atoms with Crippen molar-refractivity contribution >= 4 is 29.2 Å². The van der Waals surface area contributed by atoms with Crippen molar-refractivity contribution in [2.75, 3.05) is 13.2 Å². The number of alkyl halides is 1. The molecule has 1 aromatic carbocycles. The number of hydrogen-bond donors (Lipinski definition) is 1. The second-order valence-corrected chi connectivity index (χ2v) is 9.38. The van der Waals surface area contributed by atoms with Gasteiger partial charge in [0.1, 0.15) is 36.4 Å². The maximum absolute atomic E-state index is 13.6. The van der Waals surface area contributed by atoms with Crippen LogP contribution in [0.1, 0.15) is 43.0 Å². The Kier molecular flexibility index (Phi) is 6.30. The minimum absolute atomic E-state index is 0.0944. The van der Waals surface area contributed by atoms with Gasteiger partial charge in [0.2, 0.25) is 5.91 Å². The monoisotopic (exact) mass is 454 g/mol. The molecule has 168 valence electrons. The Balaban J connectivity index is 1.59. The largest absolute Gasteiger partial charge is 0.366 e. The van der Waals surface area contributed by atoms with E-state index in [0.717, 1.165) is 37.8 Å². The van der Waals surface area contributed by atoms with E-state index in [-0.39, 0.29) is 30.4 Å². The number of nitrogens with one attached hydrogen (secondary N) is 1. The van der Waals surface area contributed by atoms with E-state index in [1.54, 1.807) is 0 Å². The molecule has 1 unspecified atom stereocenters. The summed E-state index contributed by atoms with van der Waals surface area (Å²) in [5.41, 5.74) is -0.200. The molecule has 1 saturated carbocycles. The molecule has 4 rings (SSSR count). The molecule has 0 bridgehead atoms. The summed E-state index contributed by atoms with van der Waals surface area (Å²) >= 11 is 6.32. The first-order valence-corrected chi connectivity index (χ1v) is 11.0. The van der Waals surface area contributed by atoms with Crippen LogP contribution in [-0.2, 0) is 14.3 Å². The minimum Gasteiger partial charge on any atom is -0.366 e. The number of rotatable bonds is 4. The zero-order valence-corrected chi connectivity index (χ0v) is 17.9. The van der Waals surface area contributed by atoms with Gasteiger partial charge in [0, 0.05) is 18.2 Å². The van der Waals surface area contributed by atoms with Gasteiger partial charge in [-0.05, 0) is 36.8 Å². The molecule has 0 spiro atoms. The van der Waals surface area contributed by atoms with Gasteiger partial charge in [0.25, 0.3) is 5.91 Å². The number of ketones is 1. The van der Waals surface area contributed by atoms with Gasteiger partial charge in [-0.15, -0.1) is 11.6 Å². The Morgan fingerprint density at radius 2 is 1.81 bits per heavy atom. The van der Waals surface area contributed by atoms with Crippen LogP contribution in [0.25, 0.3) is 0 Å². The van der Waals surface area contributed by atoms with Crippen LogP contribution < -0.4 is 5.32 Å². The molecule has 1 aromatic rings. The van der Waals surface area contributed by atoms with Crippen molar-refractivity contribution in [3.63, 3.8) is 0 Å². The first-order chi connectivity index (χ1) is 14.7. The molecule has 1 N–H and O–H groups in total. The summed E-state index contributed by atoms with van der Waals surface area (Å²) in [5.74, 6) is -2.72. The Labute approximate surface area is 184 Å². The maximum Gasteiger partial charge on any atom is 0.252 e. The van der Waals surface area contributed by atoms with Crippen LogP contribution in [0.3, 0.4) is 0 Å². The van der Waals surface area contributed by atoms with Crippen molar-refractivity contribution < 1.29 is 27.9 Å². The highest BCUT2D eigenvalue weighted by Gasteiger charge is 2.53. The summed E-state index contributed by atoms with van der Waals surface area (Å²) in [6.07, 6.45) is 2.71. The van der Waals surface area contributed by atoms with E-state index >= 15 is 0 Å². The average molecular weight is 455 g/mol. The lowest BCUT2D eigenvalue weighted by atomic mass is 9.78. The molecule has 0 radical (unpaired) electrons. The summed E-state index contributed by atoms with van der Waals surface area (Å²) in [4.78, 5) is 40.1. The number of halogens is 3. The third-order valence-electron chi connectivity index (χ3n) is 6.61. The Hall–Kier alpha value is -2.06. The minimum atomic E-state index is -0.914. The zero-order valence-electron chi connectivity index (χ0n) is 17.2. The van der Waals surface area contributed by atoms with Gasteiger partial charge in [0.15, 0.2) is 5.78 Å². The lowest BCUT2D eigenvalue weighted by molar-refractivity contribution is -0.139. The van der Waals surface area contributed by atoms with Crippen molar-refractivity contribution in [1.82, 2.24) is 10.2 Å². The van der Waals surface area contributed by atoms with Crippen molar-refractivity contribution in [2.45, 2.75) is 56.2 Å². The van der Waals surface area contributed by atoms with Crippen LogP contribution in [0.2, 0.25) is 0 Å². The molecule has 6 nitrogen and oxygen atoms in total. The molecule has 31 heavy (non-hydrogen) atoms. The topological polar surface area (TPSA) is 75.7 Å². The number of ether oxygens (including phenoxy) is 1. The summed E-state index contributed by atoms with van der Waals surface area (Å²) in [6, 6.07) is 0.861. The molecule has 2 amide bonds. The number of nitrogens with zero attached hydrogens (tertiary/aromatic N) is 1. The zero-order chi connectivity index (χ0) is 22.3. The van der Waals surface area contributed by atoms with E-state index < -0.39 is 47.0 Å².